The van der Waals surface area contributed by atoms with Crippen LogP contribution in [0, 0.1) is 13.8 Å². The molecule has 0 fully saturated rings. The van der Waals surface area contributed by atoms with Crippen LogP contribution in [-0.2, 0) is 20.9 Å². The SMILES string of the molecule is CCCCCN(C(=O)C(CCSC)NC(=O)OC(C)(C)C)C(C(=O)NCc1ccccc1)c1ccc(C)c(C)c1. The van der Waals surface area contributed by atoms with E-state index in [9.17, 15) is 14.4 Å². The number of unbranched alkanes of at least 4 members (excludes halogenated alkanes) is 2. The summed E-state index contributed by atoms with van der Waals surface area (Å²) in [6, 6.07) is 13.9. The van der Waals surface area contributed by atoms with Crippen LogP contribution in [0.2, 0.25) is 0 Å². The largest absolute Gasteiger partial charge is 0.444 e. The van der Waals surface area contributed by atoms with Gasteiger partial charge in [0.1, 0.15) is 17.7 Å². The molecule has 2 aromatic rings. The third-order valence-corrected chi connectivity index (χ3v) is 7.25. The smallest absolute Gasteiger partial charge is 0.408 e. The Morgan fingerprint density at radius 1 is 1.00 bits per heavy atom. The van der Waals surface area contributed by atoms with E-state index >= 15 is 0 Å². The molecule has 2 atom stereocenters. The molecule has 0 heterocycles. The molecule has 0 aliphatic carbocycles. The van der Waals surface area contributed by atoms with Crippen molar-refractivity contribution in [3.63, 3.8) is 0 Å². The first-order valence-electron chi connectivity index (χ1n) is 14.1. The van der Waals surface area contributed by atoms with Crippen molar-refractivity contribution in [2.75, 3.05) is 18.6 Å². The second-order valence-electron chi connectivity index (χ2n) is 11.2. The van der Waals surface area contributed by atoms with Gasteiger partial charge >= 0.3 is 6.09 Å². The van der Waals surface area contributed by atoms with E-state index in [1.165, 1.54) is 0 Å². The molecule has 0 saturated heterocycles. The van der Waals surface area contributed by atoms with Crippen LogP contribution in [0.1, 0.15) is 81.7 Å². The van der Waals surface area contributed by atoms with Gasteiger partial charge < -0.3 is 20.3 Å². The lowest BCUT2D eigenvalue weighted by molar-refractivity contribution is -0.142. The third-order valence-electron chi connectivity index (χ3n) is 6.60. The van der Waals surface area contributed by atoms with Crippen LogP contribution in [-0.4, -0.2) is 53.0 Å². The van der Waals surface area contributed by atoms with Crippen molar-refractivity contribution in [1.82, 2.24) is 15.5 Å². The molecule has 2 rings (SSSR count). The molecule has 2 N–H and O–H groups in total. The van der Waals surface area contributed by atoms with Crippen LogP contribution in [0.4, 0.5) is 4.79 Å². The molecule has 3 amide bonds. The summed E-state index contributed by atoms with van der Waals surface area (Å²) < 4.78 is 5.48. The molecule has 7 nitrogen and oxygen atoms in total. The number of hydrogen-bond donors (Lipinski definition) is 2. The van der Waals surface area contributed by atoms with E-state index in [-0.39, 0.29) is 11.8 Å². The van der Waals surface area contributed by atoms with Gasteiger partial charge in [0.2, 0.25) is 11.8 Å². The van der Waals surface area contributed by atoms with Gasteiger partial charge in [-0.15, -0.1) is 0 Å². The average molecular weight is 570 g/mol. The van der Waals surface area contributed by atoms with Gasteiger partial charge in [0, 0.05) is 13.1 Å². The van der Waals surface area contributed by atoms with Gasteiger partial charge in [-0.05, 0) is 81.7 Å². The molecular formula is C32H47N3O4S. The van der Waals surface area contributed by atoms with Crippen LogP contribution in [0.25, 0.3) is 0 Å². The number of nitrogens with one attached hydrogen (secondary N) is 2. The highest BCUT2D eigenvalue weighted by molar-refractivity contribution is 7.98. The Labute approximate surface area is 244 Å². The molecule has 2 unspecified atom stereocenters. The first kappa shape index (κ1) is 33.2. The topological polar surface area (TPSA) is 87.7 Å². The molecule has 0 saturated carbocycles. The highest BCUT2D eigenvalue weighted by atomic mass is 32.2. The van der Waals surface area contributed by atoms with Gasteiger partial charge in [-0.3, -0.25) is 9.59 Å². The zero-order chi connectivity index (χ0) is 29.7. The number of benzene rings is 2. The molecule has 0 aliphatic rings. The normalized spacial score (nSPS) is 12.8. The summed E-state index contributed by atoms with van der Waals surface area (Å²) in [7, 11) is 0. The highest BCUT2D eigenvalue weighted by Gasteiger charge is 2.36. The number of ether oxygens (including phenoxy) is 1. The maximum Gasteiger partial charge on any atom is 0.408 e. The lowest BCUT2D eigenvalue weighted by atomic mass is 9.97. The van der Waals surface area contributed by atoms with Crippen LogP contribution < -0.4 is 10.6 Å². The van der Waals surface area contributed by atoms with Crippen molar-refractivity contribution < 1.29 is 19.1 Å². The standard InChI is InChI=1S/C32H47N3O4S/c1-8-9-13-19-35(30(37)27(18-20-40-7)34-31(38)39-32(4,5)6)28(26-17-16-23(2)24(3)21-26)29(36)33-22-25-14-11-10-12-15-25/h10-12,14-17,21,27-28H,8-9,13,18-20,22H2,1-7H3,(H,33,36)(H,34,38). The highest BCUT2D eigenvalue weighted by Crippen LogP contribution is 2.26. The molecule has 8 heteroatoms. The fourth-order valence-corrected chi connectivity index (χ4v) is 4.80. The second kappa shape index (κ2) is 16.3. The molecule has 2 aromatic carbocycles. The summed E-state index contributed by atoms with van der Waals surface area (Å²) in [4.78, 5) is 42.6. The Kier molecular flexibility index (Phi) is 13.5. The summed E-state index contributed by atoms with van der Waals surface area (Å²) in [5.74, 6) is 0.135. The number of hydrogen-bond acceptors (Lipinski definition) is 5. The Hall–Kier alpha value is -3.00. The van der Waals surface area contributed by atoms with Crippen LogP contribution in [0.5, 0.6) is 0 Å². The number of aryl methyl sites for hydroxylation is 2. The predicted molar refractivity (Wildman–Crippen MR) is 164 cm³/mol. The molecule has 0 aliphatic heterocycles. The first-order chi connectivity index (χ1) is 19.0. The van der Waals surface area contributed by atoms with E-state index < -0.39 is 23.8 Å². The minimum absolute atomic E-state index is 0.252. The summed E-state index contributed by atoms with van der Waals surface area (Å²) in [6.45, 7) is 12.2. The average Bonchev–Trinajstić information content (AvgIpc) is 2.90. The van der Waals surface area contributed by atoms with Gasteiger partial charge in [-0.25, -0.2) is 4.79 Å². The molecule has 0 spiro atoms. The van der Waals surface area contributed by atoms with Crippen molar-refractivity contribution in [2.24, 2.45) is 0 Å². The van der Waals surface area contributed by atoms with Crippen LogP contribution >= 0.6 is 11.8 Å². The fraction of sp³-hybridized carbons (Fsp3) is 0.531. The number of nitrogens with zero attached hydrogens (tertiary/aromatic N) is 1. The summed E-state index contributed by atoms with van der Waals surface area (Å²) in [6.07, 6.45) is 4.39. The van der Waals surface area contributed by atoms with E-state index in [1.54, 1.807) is 37.4 Å². The van der Waals surface area contributed by atoms with E-state index in [0.717, 1.165) is 41.5 Å². The lowest BCUT2D eigenvalue weighted by Gasteiger charge is -2.35. The fourth-order valence-electron chi connectivity index (χ4n) is 4.33. The zero-order valence-corrected chi connectivity index (χ0v) is 26.0. The van der Waals surface area contributed by atoms with Crippen molar-refractivity contribution in [2.45, 2.75) is 91.5 Å². The van der Waals surface area contributed by atoms with E-state index in [1.807, 2.05) is 68.6 Å². The molecular weight excluding hydrogens is 522 g/mol. The van der Waals surface area contributed by atoms with Crippen molar-refractivity contribution in [3.8, 4) is 0 Å². The van der Waals surface area contributed by atoms with E-state index in [0.29, 0.717) is 25.3 Å². The van der Waals surface area contributed by atoms with Crippen molar-refractivity contribution >= 4 is 29.7 Å². The summed E-state index contributed by atoms with van der Waals surface area (Å²) in [5.41, 5.74) is 3.19. The number of alkyl carbamates (subject to hydrolysis) is 1. The van der Waals surface area contributed by atoms with Gasteiger partial charge in [0.25, 0.3) is 0 Å². The van der Waals surface area contributed by atoms with Crippen molar-refractivity contribution in [3.05, 3.63) is 70.8 Å². The Balaban J connectivity index is 2.49. The molecule has 220 valence electrons. The van der Waals surface area contributed by atoms with Gasteiger partial charge in [-0.1, -0.05) is 68.3 Å². The van der Waals surface area contributed by atoms with Gasteiger partial charge in [0.15, 0.2) is 0 Å². The lowest BCUT2D eigenvalue weighted by Crippen LogP contribution is -2.53. The zero-order valence-electron chi connectivity index (χ0n) is 25.2. The minimum Gasteiger partial charge on any atom is -0.444 e. The number of carbonyl (C=O) groups is 3. The molecule has 0 aromatic heterocycles. The van der Waals surface area contributed by atoms with Gasteiger partial charge in [0.05, 0.1) is 0 Å². The summed E-state index contributed by atoms with van der Waals surface area (Å²) in [5, 5.41) is 5.87. The monoisotopic (exact) mass is 569 g/mol. The maximum absolute atomic E-state index is 14.3. The number of thioether (sulfide) groups is 1. The first-order valence-corrected chi connectivity index (χ1v) is 15.5. The molecule has 40 heavy (non-hydrogen) atoms. The van der Waals surface area contributed by atoms with Crippen molar-refractivity contribution in [1.29, 1.82) is 0 Å². The van der Waals surface area contributed by atoms with E-state index in [2.05, 4.69) is 17.6 Å². The van der Waals surface area contributed by atoms with E-state index in [4.69, 9.17) is 4.74 Å². The maximum atomic E-state index is 14.3. The second-order valence-corrected chi connectivity index (χ2v) is 12.2. The third kappa shape index (κ3) is 10.9. The summed E-state index contributed by atoms with van der Waals surface area (Å²) >= 11 is 1.60. The molecule has 0 radical (unpaired) electrons. The van der Waals surface area contributed by atoms with Crippen LogP contribution in [0.15, 0.2) is 48.5 Å². The van der Waals surface area contributed by atoms with Gasteiger partial charge in [-0.2, -0.15) is 11.8 Å². The quantitative estimate of drug-likeness (QED) is 0.260. The van der Waals surface area contributed by atoms with Crippen LogP contribution in [0.3, 0.4) is 0 Å². The number of amides is 3. The minimum atomic E-state index is -0.843. The Morgan fingerprint density at radius 3 is 2.30 bits per heavy atom. The Morgan fingerprint density at radius 2 is 1.70 bits per heavy atom. The Bertz CT molecular complexity index is 1100. The molecule has 0 bridgehead atoms. The number of rotatable bonds is 14. The predicted octanol–water partition coefficient (Wildman–Crippen LogP) is 6.33. The number of carbonyl (C=O) groups excluding carboxylic acids is 3.